The van der Waals surface area contributed by atoms with Gasteiger partial charge in [-0.3, -0.25) is 4.79 Å². The Labute approximate surface area is 139 Å². The molecule has 0 aromatic heterocycles. The van der Waals surface area contributed by atoms with E-state index in [1.165, 1.54) is 0 Å². The second-order valence-corrected chi connectivity index (χ2v) is 6.58. The van der Waals surface area contributed by atoms with Crippen molar-refractivity contribution in [2.45, 2.75) is 13.0 Å². The maximum atomic E-state index is 12.2. The summed E-state index contributed by atoms with van der Waals surface area (Å²) in [5.74, 6) is -0.135. The molecule has 104 valence electrons. The van der Waals surface area contributed by atoms with E-state index in [2.05, 4.69) is 37.2 Å². The Kier molecular flexibility index (Phi) is 5.24. The summed E-state index contributed by atoms with van der Waals surface area (Å²) in [7, 11) is 0. The lowest BCUT2D eigenvalue weighted by molar-refractivity contribution is 0.0939. The number of halogens is 3. The van der Waals surface area contributed by atoms with Crippen LogP contribution in [0.5, 0.6) is 0 Å². The van der Waals surface area contributed by atoms with Crippen LogP contribution in [-0.2, 0) is 0 Å². The van der Waals surface area contributed by atoms with Crippen LogP contribution in [0.25, 0.3) is 0 Å². The van der Waals surface area contributed by atoms with Gasteiger partial charge in [-0.15, -0.1) is 0 Å². The second-order valence-electron chi connectivity index (χ2n) is 4.37. The maximum Gasteiger partial charge on any atom is 0.252 e. The summed E-state index contributed by atoms with van der Waals surface area (Å²) in [5.41, 5.74) is 1.62. The van der Waals surface area contributed by atoms with Crippen molar-refractivity contribution >= 4 is 49.4 Å². The van der Waals surface area contributed by atoms with Crippen LogP contribution >= 0.6 is 43.5 Å². The van der Waals surface area contributed by atoms with E-state index in [-0.39, 0.29) is 11.9 Å². The van der Waals surface area contributed by atoms with E-state index in [9.17, 15) is 4.79 Å². The molecule has 0 saturated heterocycles. The Morgan fingerprint density at radius 1 is 1.15 bits per heavy atom. The van der Waals surface area contributed by atoms with E-state index >= 15 is 0 Å². The number of nitrogens with one attached hydrogen (secondary N) is 1. The van der Waals surface area contributed by atoms with E-state index in [0.717, 1.165) is 10.0 Å². The number of benzene rings is 2. The fourth-order valence-corrected chi connectivity index (χ4v) is 2.91. The molecule has 1 atom stereocenters. The van der Waals surface area contributed by atoms with Gasteiger partial charge in [-0.25, -0.2) is 0 Å². The molecule has 2 aromatic carbocycles. The highest BCUT2D eigenvalue weighted by Gasteiger charge is 2.14. The third-order valence-corrected chi connectivity index (χ3v) is 4.31. The van der Waals surface area contributed by atoms with Crippen LogP contribution < -0.4 is 5.32 Å². The summed E-state index contributed by atoms with van der Waals surface area (Å²) in [6.07, 6.45) is 0. The topological polar surface area (TPSA) is 29.1 Å². The Bertz CT molecular complexity index is 628. The van der Waals surface area contributed by atoms with Gasteiger partial charge in [-0.2, -0.15) is 0 Å². The van der Waals surface area contributed by atoms with Crippen molar-refractivity contribution in [2.24, 2.45) is 0 Å². The molecule has 2 nitrogen and oxygen atoms in total. The molecule has 0 radical (unpaired) electrons. The maximum absolute atomic E-state index is 12.2. The van der Waals surface area contributed by atoms with E-state index < -0.39 is 0 Å². The van der Waals surface area contributed by atoms with Crippen molar-refractivity contribution in [3.05, 3.63) is 67.6 Å². The molecule has 0 aliphatic heterocycles. The van der Waals surface area contributed by atoms with Crippen molar-refractivity contribution in [1.29, 1.82) is 0 Å². The van der Waals surface area contributed by atoms with Crippen molar-refractivity contribution in [3.63, 3.8) is 0 Å². The predicted molar refractivity (Wildman–Crippen MR) is 89.2 cm³/mol. The Morgan fingerprint density at radius 3 is 2.40 bits per heavy atom. The minimum absolute atomic E-state index is 0.0711. The minimum atomic E-state index is -0.135. The first-order valence-electron chi connectivity index (χ1n) is 5.99. The summed E-state index contributed by atoms with van der Waals surface area (Å²) in [4.78, 5) is 12.2. The van der Waals surface area contributed by atoms with Crippen LogP contribution in [0.4, 0.5) is 0 Å². The lowest BCUT2D eigenvalue weighted by Crippen LogP contribution is -2.26. The Hall–Kier alpha value is -0.840. The average Bonchev–Trinajstić information content (AvgIpc) is 2.39. The number of carbonyl (C=O) groups excluding carboxylic acids is 1. The normalized spacial score (nSPS) is 12.0. The molecule has 0 fully saturated rings. The quantitative estimate of drug-likeness (QED) is 0.716. The van der Waals surface area contributed by atoms with Crippen LogP contribution in [0.3, 0.4) is 0 Å². The number of hydrogen-bond acceptors (Lipinski definition) is 1. The van der Waals surface area contributed by atoms with Crippen molar-refractivity contribution in [1.82, 2.24) is 5.32 Å². The summed E-state index contributed by atoms with van der Waals surface area (Å²) in [5, 5.41) is 3.56. The molecule has 0 heterocycles. The smallest absolute Gasteiger partial charge is 0.252 e. The standard InChI is InChI=1S/C15H12Br2ClNO/c1-9(10-2-4-11(16)5-3-10)19-15(20)13-7-6-12(18)8-14(13)17/h2-9H,1H3,(H,19,20). The molecule has 0 aliphatic carbocycles. The first-order chi connectivity index (χ1) is 9.47. The fourth-order valence-electron chi connectivity index (χ4n) is 1.78. The highest BCUT2D eigenvalue weighted by Crippen LogP contribution is 2.23. The lowest BCUT2D eigenvalue weighted by Gasteiger charge is -2.15. The number of carbonyl (C=O) groups is 1. The molecule has 0 bridgehead atoms. The lowest BCUT2D eigenvalue weighted by atomic mass is 10.1. The molecular formula is C15H12Br2ClNO. The van der Waals surface area contributed by atoms with E-state index in [1.807, 2.05) is 31.2 Å². The van der Waals surface area contributed by atoms with Gasteiger partial charge in [-0.05, 0) is 58.7 Å². The molecule has 2 aromatic rings. The molecule has 0 spiro atoms. The zero-order valence-electron chi connectivity index (χ0n) is 10.7. The Balaban J connectivity index is 2.13. The second kappa shape index (κ2) is 6.74. The van der Waals surface area contributed by atoms with Gasteiger partial charge in [0.2, 0.25) is 0 Å². The van der Waals surface area contributed by atoms with E-state index in [4.69, 9.17) is 11.6 Å². The summed E-state index contributed by atoms with van der Waals surface area (Å²) in [6.45, 7) is 1.95. The summed E-state index contributed by atoms with van der Waals surface area (Å²) < 4.78 is 1.70. The molecule has 20 heavy (non-hydrogen) atoms. The molecule has 1 unspecified atom stereocenters. The molecule has 0 saturated carbocycles. The van der Waals surface area contributed by atoms with Crippen LogP contribution in [0, 0.1) is 0 Å². The molecule has 2 rings (SSSR count). The zero-order valence-corrected chi connectivity index (χ0v) is 14.6. The highest BCUT2D eigenvalue weighted by atomic mass is 79.9. The first kappa shape index (κ1) is 15.5. The van der Waals surface area contributed by atoms with Gasteiger partial charge < -0.3 is 5.32 Å². The SMILES string of the molecule is CC(NC(=O)c1ccc(Cl)cc1Br)c1ccc(Br)cc1. The summed E-state index contributed by atoms with van der Waals surface area (Å²) in [6, 6.07) is 12.9. The van der Waals surface area contributed by atoms with Gasteiger partial charge >= 0.3 is 0 Å². The van der Waals surface area contributed by atoms with Crippen molar-refractivity contribution in [2.75, 3.05) is 0 Å². The van der Waals surface area contributed by atoms with Gasteiger partial charge in [0, 0.05) is 14.0 Å². The number of amides is 1. The van der Waals surface area contributed by atoms with E-state index in [1.54, 1.807) is 18.2 Å². The monoisotopic (exact) mass is 415 g/mol. The van der Waals surface area contributed by atoms with Gasteiger partial charge in [-0.1, -0.05) is 39.7 Å². The Morgan fingerprint density at radius 2 is 1.80 bits per heavy atom. The fraction of sp³-hybridized carbons (Fsp3) is 0.133. The van der Waals surface area contributed by atoms with E-state index in [0.29, 0.717) is 15.1 Å². The summed E-state index contributed by atoms with van der Waals surface area (Å²) >= 11 is 12.6. The molecule has 5 heteroatoms. The molecular weight excluding hydrogens is 405 g/mol. The molecule has 1 N–H and O–H groups in total. The van der Waals surface area contributed by atoms with Gasteiger partial charge in [0.05, 0.1) is 11.6 Å². The predicted octanol–water partition coefficient (Wildman–Crippen LogP) is 5.36. The van der Waals surface area contributed by atoms with Crippen LogP contribution in [0.1, 0.15) is 28.9 Å². The first-order valence-corrected chi connectivity index (χ1v) is 7.95. The van der Waals surface area contributed by atoms with Crippen molar-refractivity contribution in [3.8, 4) is 0 Å². The highest BCUT2D eigenvalue weighted by molar-refractivity contribution is 9.10. The van der Waals surface area contributed by atoms with Crippen LogP contribution in [-0.4, -0.2) is 5.91 Å². The number of rotatable bonds is 3. The van der Waals surface area contributed by atoms with Crippen LogP contribution in [0.15, 0.2) is 51.4 Å². The van der Waals surface area contributed by atoms with Crippen molar-refractivity contribution < 1.29 is 4.79 Å². The minimum Gasteiger partial charge on any atom is -0.345 e. The van der Waals surface area contributed by atoms with Crippen LogP contribution in [0.2, 0.25) is 5.02 Å². The average molecular weight is 418 g/mol. The third kappa shape index (κ3) is 3.84. The molecule has 0 aliphatic rings. The molecule has 1 amide bonds. The van der Waals surface area contributed by atoms with Gasteiger partial charge in [0.15, 0.2) is 0 Å². The van der Waals surface area contributed by atoms with Gasteiger partial charge in [0.25, 0.3) is 5.91 Å². The zero-order chi connectivity index (χ0) is 14.7. The number of hydrogen-bond donors (Lipinski definition) is 1. The third-order valence-electron chi connectivity index (χ3n) is 2.89. The van der Waals surface area contributed by atoms with Gasteiger partial charge in [0.1, 0.15) is 0 Å². The largest absolute Gasteiger partial charge is 0.345 e.